The van der Waals surface area contributed by atoms with Gasteiger partial charge in [0.05, 0.1) is 31.5 Å². The molecule has 4 rings (SSSR count). The van der Waals surface area contributed by atoms with E-state index in [0.717, 1.165) is 37.2 Å². The molecule has 1 spiro atoms. The van der Waals surface area contributed by atoms with Gasteiger partial charge in [-0.15, -0.1) is 0 Å². The summed E-state index contributed by atoms with van der Waals surface area (Å²) in [6.07, 6.45) is 3.85. The van der Waals surface area contributed by atoms with E-state index in [1.165, 1.54) is 7.11 Å². The number of amides is 1. The highest BCUT2D eigenvalue weighted by atomic mass is 16.5. The van der Waals surface area contributed by atoms with Gasteiger partial charge in [-0.05, 0) is 43.2 Å². The zero-order valence-corrected chi connectivity index (χ0v) is 19.5. The lowest BCUT2D eigenvalue weighted by Crippen LogP contribution is -2.67. The van der Waals surface area contributed by atoms with E-state index in [0.29, 0.717) is 12.0 Å². The van der Waals surface area contributed by atoms with Gasteiger partial charge in [-0.2, -0.15) is 0 Å². The highest BCUT2D eigenvalue weighted by Gasteiger charge is 2.70. The van der Waals surface area contributed by atoms with Gasteiger partial charge in [0.1, 0.15) is 0 Å². The molecule has 31 heavy (non-hydrogen) atoms. The number of hydrogen-bond donors (Lipinski definition) is 1. The molecule has 168 valence electrons. The summed E-state index contributed by atoms with van der Waals surface area (Å²) in [7, 11) is 2.97. The summed E-state index contributed by atoms with van der Waals surface area (Å²) >= 11 is 0. The first kappa shape index (κ1) is 21.9. The third-order valence-electron chi connectivity index (χ3n) is 8.98. The van der Waals surface area contributed by atoms with Crippen molar-refractivity contribution in [2.45, 2.75) is 57.9 Å². The van der Waals surface area contributed by atoms with Crippen LogP contribution in [-0.4, -0.2) is 49.6 Å². The molecule has 2 saturated heterocycles. The molecule has 6 nitrogen and oxygen atoms in total. The molecule has 1 unspecified atom stereocenters. The Labute approximate surface area is 185 Å². The maximum Gasteiger partial charge on any atom is 0.337 e. The lowest BCUT2D eigenvalue weighted by Gasteiger charge is -2.61. The third-order valence-corrected chi connectivity index (χ3v) is 8.98. The third kappa shape index (κ3) is 2.60. The second kappa shape index (κ2) is 7.09. The van der Waals surface area contributed by atoms with Gasteiger partial charge in [-0.1, -0.05) is 39.0 Å². The number of para-hydroxylation sites is 1. The molecule has 2 fully saturated rings. The second-order valence-electron chi connectivity index (χ2n) is 10.0. The maximum atomic E-state index is 13.6. The number of benzene rings is 1. The van der Waals surface area contributed by atoms with E-state index in [4.69, 9.17) is 9.47 Å². The van der Waals surface area contributed by atoms with E-state index in [-0.39, 0.29) is 17.3 Å². The number of carbonyl (C=O) groups is 2. The molecule has 0 aliphatic carbocycles. The first-order valence-corrected chi connectivity index (χ1v) is 11.1. The Balaban J connectivity index is 1.91. The molecule has 4 atom stereocenters. The second-order valence-corrected chi connectivity index (χ2v) is 10.0. The monoisotopic (exact) mass is 426 g/mol. The lowest BCUT2D eigenvalue weighted by atomic mass is 9.49. The van der Waals surface area contributed by atoms with Gasteiger partial charge < -0.3 is 14.8 Å². The van der Waals surface area contributed by atoms with Crippen LogP contribution in [0.15, 0.2) is 36.1 Å². The fourth-order valence-corrected chi connectivity index (χ4v) is 6.75. The summed E-state index contributed by atoms with van der Waals surface area (Å²) in [6, 6.07) is 8.04. The van der Waals surface area contributed by atoms with Crippen molar-refractivity contribution in [3.8, 4) is 0 Å². The smallest absolute Gasteiger partial charge is 0.337 e. The van der Waals surface area contributed by atoms with Crippen LogP contribution in [0, 0.1) is 10.8 Å². The number of piperidine rings is 1. The van der Waals surface area contributed by atoms with E-state index >= 15 is 0 Å². The van der Waals surface area contributed by atoms with Crippen LogP contribution in [0.2, 0.25) is 0 Å². The van der Waals surface area contributed by atoms with Crippen LogP contribution in [0.3, 0.4) is 0 Å². The standard InChI is InChI=1S/C25H34N2O4/c1-7-22(2)16-27-13-12-25(17-10-8-9-11-19(17)26-21(25)29)24(27,4)15-23(22,3)18(14-30-5)20(28)31-6/h8-11,14H,7,12-13,15-16H2,1-6H3,(H,26,29)/b18-14-/t22-,23+,24-,25?/m0/s1. The van der Waals surface area contributed by atoms with Crippen molar-refractivity contribution in [3.63, 3.8) is 0 Å². The van der Waals surface area contributed by atoms with Crippen LogP contribution in [0.25, 0.3) is 0 Å². The summed E-state index contributed by atoms with van der Waals surface area (Å²) in [5.74, 6) is -0.305. The quantitative estimate of drug-likeness (QED) is 0.450. The van der Waals surface area contributed by atoms with Crippen molar-refractivity contribution >= 4 is 17.6 Å². The topological polar surface area (TPSA) is 67.9 Å². The number of nitrogens with one attached hydrogen (secondary N) is 1. The summed E-state index contributed by atoms with van der Waals surface area (Å²) in [5.41, 5.74) is 0.694. The van der Waals surface area contributed by atoms with Gasteiger partial charge in [0, 0.05) is 29.7 Å². The van der Waals surface area contributed by atoms with Crippen LogP contribution in [0.4, 0.5) is 5.69 Å². The molecule has 1 amide bonds. The van der Waals surface area contributed by atoms with E-state index in [1.54, 1.807) is 13.4 Å². The van der Waals surface area contributed by atoms with Gasteiger partial charge in [-0.3, -0.25) is 9.69 Å². The molecule has 1 aromatic carbocycles. The van der Waals surface area contributed by atoms with Crippen molar-refractivity contribution in [1.29, 1.82) is 0 Å². The number of carbonyl (C=O) groups excluding carboxylic acids is 2. The van der Waals surface area contributed by atoms with Crippen LogP contribution >= 0.6 is 0 Å². The summed E-state index contributed by atoms with van der Waals surface area (Å²) in [4.78, 5) is 29.0. The van der Waals surface area contributed by atoms with Crippen LogP contribution < -0.4 is 5.32 Å². The summed E-state index contributed by atoms with van der Waals surface area (Å²) in [6.45, 7) is 10.4. The molecular weight excluding hydrogens is 392 g/mol. The average molecular weight is 427 g/mol. The number of ether oxygens (including phenoxy) is 2. The molecule has 6 heteroatoms. The largest absolute Gasteiger partial charge is 0.504 e. The van der Waals surface area contributed by atoms with Gasteiger partial charge in [0.25, 0.3) is 0 Å². The number of nitrogens with zero attached hydrogens (tertiary/aromatic N) is 1. The Bertz CT molecular complexity index is 959. The zero-order chi connectivity index (χ0) is 22.7. The molecule has 0 aromatic heterocycles. The van der Waals surface area contributed by atoms with Crippen molar-refractivity contribution in [2.75, 3.05) is 32.6 Å². The molecule has 0 saturated carbocycles. The number of hydrogen-bond acceptors (Lipinski definition) is 5. The van der Waals surface area contributed by atoms with Gasteiger partial charge >= 0.3 is 5.97 Å². The minimum absolute atomic E-state index is 0.0662. The fourth-order valence-electron chi connectivity index (χ4n) is 6.75. The highest BCUT2D eigenvalue weighted by Crippen LogP contribution is 2.65. The number of esters is 1. The van der Waals surface area contributed by atoms with E-state index < -0.39 is 16.4 Å². The minimum atomic E-state index is -0.645. The van der Waals surface area contributed by atoms with Gasteiger partial charge in [0.15, 0.2) is 0 Å². The Morgan fingerprint density at radius 1 is 1.23 bits per heavy atom. The van der Waals surface area contributed by atoms with Crippen molar-refractivity contribution in [2.24, 2.45) is 10.8 Å². The highest BCUT2D eigenvalue weighted by molar-refractivity contribution is 6.07. The summed E-state index contributed by atoms with van der Waals surface area (Å²) in [5, 5.41) is 3.14. The number of fused-ring (bicyclic) bond motifs is 4. The normalized spacial score (nSPS) is 37.4. The molecule has 1 N–H and O–H groups in total. The van der Waals surface area contributed by atoms with Crippen molar-refractivity contribution < 1.29 is 19.1 Å². The number of methoxy groups -OCH3 is 2. The van der Waals surface area contributed by atoms with Crippen molar-refractivity contribution in [1.82, 2.24) is 4.90 Å². The molecular formula is C25H34N2O4. The number of anilines is 1. The molecule has 1 aromatic rings. The number of rotatable bonds is 4. The summed E-state index contributed by atoms with van der Waals surface area (Å²) < 4.78 is 10.5. The predicted molar refractivity (Wildman–Crippen MR) is 120 cm³/mol. The molecule has 0 bridgehead atoms. The fraction of sp³-hybridized carbons (Fsp3) is 0.600. The average Bonchev–Trinajstić information content (AvgIpc) is 3.20. The molecule has 3 heterocycles. The Kier molecular flexibility index (Phi) is 5.00. The van der Waals surface area contributed by atoms with E-state index in [9.17, 15) is 9.59 Å². The Hall–Kier alpha value is -2.34. The first-order valence-electron chi connectivity index (χ1n) is 11.1. The Morgan fingerprint density at radius 2 is 1.94 bits per heavy atom. The minimum Gasteiger partial charge on any atom is -0.504 e. The molecule has 3 aliphatic rings. The zero-order valence-electron chi connectivity index (χ0n) is 19.5. The van der Waals surface area contributed by atoms with Crippen LogP contribution in [-0.2, 0) is 24.5 Å². The van der Waals surface area contributed by atoms with E-state index in [1.807, 2.05) is 18.2 Å². The van der Waals surface area contributed by atoms with Crippen molar-refractivity contribution in [3.05, 3.63) is 41.7 Å². The Morgan fingerprint density at radius 3 is 2.58 bits per heavy atom. The van der Waals surface area contributed by atoms with Gasteiger partial charge in [-0.25, -0.2) is 4.79 Å². The first-order chi connectivity index (χ1) is 14.6. The maximum absolute atomic E-state index is 13.6. The SMILES string of the molecule is CC[C@@]1(C)CN2CCC3(C(=O)Nc4ccccc43)[C@]2(C)C[C@]1(C)/C(=C\OC)C(=O)OC. The van der Waals surface area contributed by atoms with E-state index in [2.05, 4.69) is 44.0 Å². The van der Waals surface area contributed by atoms with Crippen LogP contribution in [0.5, 0.6) is 0 Å². The predicted octanol–water partition coefficient (Wildman–Crippen LogP) is 3.87. The van der Waals surface area contributed by atoms with Crippen LogP contribution in [0.1, 0.15) is 52.5 Å². The lowest BCUT2D eigenvalue weighted by molar-refractivity contribution is -0.144. The molecule has 3 aliphatic heterocycles. The van der Waals surface area contributed by atoms with Gasteiger partial charge in [0.2, 0.25) is 5.91 Å². The molecule has 0 radical (unpaired) electrons.